The zero-order chi connectivity index (χ0) is 19.0. The first kappa shape index (κ1) is 19.2. The molecule has 2 atom stereocenters. The zero-order valence-corrected chi connectivity index (χ0v) is 15.9. The first-order chi connectivity index (χ1) is 13.8. The Balaban J connectivity index is 1.13. The van der Waals surface area contributed by atoms with Crippen molar-refractivity contribution in [2.75, 3.05) is 40.0 Å². The lowest BCUT2D eigenvalue weighted by molar-refractivity contribution is 0.00808. The predicted molar refractivity (Wildman–Crippen MR) is 103 cm³/mol. The summed E-state index contributed by atoms with van der Waals surface area (Å²) in [5.41, 5.74) is 2.55. The minimum atomic E-state index is 0.257. The second kappa shape index (κ2) is 9.89. The number of rotatable bonds is 13. The highest BCUT2D eigenvalue weighted by Crippen LogP contribution is 2.17. The van der Waals surface area contributed by atoms with E-state index < -0.39 is 0 Å². The Morgan fingerprint density at radius 3 is 1.39 bits per heavy atom. The lowest BCUT2D eigenvalue weighted by atomic mass is 10.0. The second-order valence-electron chi connectivity index (χ2n) is 6.96. The highest BCUT2D eigenvalue weighted by atomic mass is 16.7. The van der Waals surface area contributed by atoms with E-state index in [1.807, 2.05) is 24.3 Å². The van der Waals surface area contributed by atoms with Gasteiger partial charge in [0.15, 0.2) is 13.6 Å². The fraction of sp³-hybridized carbons (Fsp3) is 0.455. The van der Waals surface area contributed by atoms with Crippen LogP contribution in [0.3, 0.4) is 0 Å². The van der Waals surface area contributed by atoms with Crippen LogP contribution in [0.2, 0.25) is 0 Å². The van der Waals surface area contributed by atoms with E-state index in [1.165, 1.54) is 11.1 Å². The molecule has 0 bridgehead atoms. The van der Waals surface area contributed by atoms with E-state index >= 15 is 0 Å². The Morgan fingerprint density at radius 1 is 0.643 bits per heavy atom. The van der Waals surface area contributed by atoms with Gasteiger partial charge in [0.1, 0.15) is 23.7 Å². The molecule has 6 nitrogen and oxygen atoms in total. The number of epoxide rings is 2. The maximum atomic E-state index is 5.56. The summed E-state index contributed by atoms with van der Waals surface area (Å²) in [6.45, 7) is 3.32. The Hall–Kier alpha value is -2.12. The third kappa shape index (κ3) is 6.80. The molecular formula is C22H26O6. The van der Waals surface area contributed by atoms with Gasteiger partial charge in [0.05, 0.1) is 26.4 Å². The van der Waals surface area contributed by atoms with Gasteiger partial charge in [0.25, 0.3) is 0 Å². The molecule has 2 heterocycles. The average Bonchev–Trinajstić information content (AvgIpc) is 3.64. The van der Waals surface area contributed by atoms with Crippen molar-refractivity contribution in [3.63, 3.8) is 0 Å². The smallest absolute Gasteiger partial charge is 0.189 e. The summed E-state index contributed by atoms with van der Waals surface area (Å²) in [6, 6.07) is 16.3. The van der Waals surface area contributed by atoms with Gasteiger partial charge in [0.2, 0.25) is 0 Å². The topological polar surface area (TPSA) is 62.0 Å². The van der Waals surface area contributed by atoms with E-state index in [1.54, 1.807) is 0 Å². The van der Waals surface area contributed by atoms with E-state index in [0.717, 1.165) is 37.6 Å². The fourth-order valence-electron chi connectivity index (χ4n) is 2.70. The maximum absolute atomic E-state index is 5.56. The second-order valence-corrected chi connectivity index (χ2v) is 6.96. The van der Waals surface area contributed by atoms with Crippen LogP contribution in [-0.2, 0) is 31.8 Å². The van der Waals surface area contributed by atoms with Crippen LogP contribution < -0.4 is 9.47 Å². The van der Waals surface area contributed by atoms with E-state index in [0.29, 0.717) is 13.2 Å². The fourth-order valence-corrected chi connectivity index (χ4v) is 2.70. The molecule has 0 N–H and O–H groups in total. The molecule has 0 radical (unpaired) electrons. The number of benzene rings is 2. The van der Waals surface area contributed by atoms with Gasteiger partial charge in [0, 0.05) is 0 Å². The van der Waals surface area contributed by atoms with E-state index in [-0.39, 0.29) is 25.8 Å². The molecular weight excluding hydrogens is 360 g/mol. The summed E-state index contributed by atoms with van der Waals surface area (Å²) >= 11 is 0. The summed E-state index contributed by atoms with van der Waals surface area (Å²) in [5.74, 6) is 1.63. The molecule has 2 aromatic carbocycles. The van der Waals surface area contributed by atoms with Crippen molar-refractivity contribution < 1.29 is 28.4 Å². The predicted octanol–water partition coefficient (Wildman–Crippen LogP) is 2.98. The van der Waals surface area contributed by atoms with Crippen LogP contribution in [0.15, 0.2) is 48.5 Å². The molecule has 0 aliphatic carbocycles. The van der Waals surface area contributed by atoms with Crippen LogP contribution in [-0.4, -0.2) is 52.2 Å². The van der Waals surface area contributed by atoms with E-state index in [9.17, 15) is 0 Å². The van der Waals surface area contributed by atoms with Gasteiger partial charge >= 0.3 is 0 Å². The van der Waals surface area contributed by atoms with Crippen molar-refractivity contribution in [2.24, 2.45) is 0 Å². The van der Waals surface area contributed by atoms with E-state index in [4.69, 9.17) is 28.4 Å². The molecule has 2 aliphatic rings. The van der Waals surface area contributed by atoms with Crippen molar-refractivity contribution in [2.45, 2.75) is 25.0 Å². The van der Waals surface area contributed by atoms with Crippen molar-refractivity contribution >= 4 is 0 Å². The molecule has 0 saturated carbocycles. The first-order valence-corrected chi connectivity index (χ1v) is 9.67. The lowest BCUT2D eigenvalue weighted by Crippen LogP contribution is -2.07. The quantitative estimate of drug-likeness (QED) is 0.300. The van der Waals surface area contributed by atoms with Gasteiger partial charge in [-0.05, 0) is 48.2 Å². The molecule has 2 saturated heterocycles. The van der Waals surface area contributed by atoms with Crippen LogP contribution >= 0.6 is 0 Å². The highest BCUT2D eigenvalue weighted by molar-refractivity contribution is 5.30. The Morgan fingerprint density at radius 2 is 1.04 bits per heavy atom. The summed E-state index contributed by atoms with van der Waals surface area (Å²) in [4.78, 5) is 0. The number of hydrogen-bond acceptors (Lipinski definition) is 6. The van der Waals surface area contributed by atoms with Crippen LogP contribution in [0.25, 0.3) is 0 Å². The maximum Gasteiger partial charge on any atom is 0.189 e. The first-order valence-electron chi connectivity index (χ1n) is 9.67. The molecule has 2 aromatic rings. The minimum Gasteiger partial charge on any atom is -0.468 e. The molecule has 2 fully saturated rings. The molecule has 2 unspecified atom stereocenters. The summed E-state index contributed by atoms with van der Waals surface area (Å²) < 4.78 is 32.0. The number of hydrogen-bond donors (Lipinski definition) is 0. The van der Waals surface area contributed by atoms with Gasteiger partial charge in [-0.2, -0.15) is 0 Å². The molecule has 0 aromatic heterocycles. The summed E-state index contributed by atoms with van der Waals surface area (Å²) in [6.07, 6.45) is 2.48. The van der Waals surface area contributed by atoms with Gasteiger partial charge in [-0.1, -0.05) is 24.3 Å². The molecule has 4 rings (SSSR count). The summed E-state index contributed by atoms with van der Waals surface area (Å²) in [7, 11) is 0. The van der Waals surface area contributed by atoms with Crippen LogP contribution in [0.5, 0.6) is 11.5 Å². The minimum absolute atomic E-state index is 0.257. The van der Waals surface area contributed by atoms with E-state index in [2.05, 4.69) is 24.3 Å². The Labute approximate surface area is 165 Å². The molecule has 150 valence electrons. The zero-order valence-electron chi connectivity index (χ0n) is 15.9. The SMILES string of the molecule is c1cc(OCOCC2CO2)ccc1CCc1ccc(OCOCC2CO2)cc1. The summed E-state index contributed by atoms with van der Waals surface area (Å²) in [5, 5.41) is 0. The van der Waals surface area contributed by atoms with Gasteiger partial charge in [-0.25, -0.2) is 0 Å². The third-order valence-corrected chi connectivity index (χ3v) is 4.58. The van der Waals surface area contributed by atoms with Crippen LogP contribution in [0, 0.1) is 0 Å². The largest absolute Gasteiger partial charge is 0.468 e. The molecule has 28 heavy (non-hydrogen) atoms. The molecule has 6 heteroatoms. The Kier molecular flexibility index (Phi) is 6.78. The highest BCUT2D eigenvalue weighted by Gasteiger charge is 2.22. The van der Waals surface area contributed by atoms with Gasteiger partial charge < -0.3 is 28.4 Å². The molecule has 0 spiro atoms. The Bertz CT molecular complexity index is 643. The number of ether oxygens (including phenoxy) is 6. The monoisotopic (exact) mass is 386 g/mol. The van der Waals surface area contributed by atoms with Crippen molar-refractivity contribution in [1.29, 1.82) is 0 Å². The van der Waals surface area contributed by atoms with Gasteiger partial charge in [-0.15, -0.1) is 0 Å². The average molecular weight is 386 g/mol. The van der Waals surface area contributed by atoms with Gasteiger partial charge in [-0.3, -0.25) is 0 Å². The van der Waals surface area contributed by atoms with Crippen LogP contribution in [0.4, 0.5) is 0 Å². The van der Waals surface area contributed by atoms with Crippen molar-refractivity contribution in [3.05, 3.63) is 59.7 Å². The van der Waals surface area contributed by atoms with Crippen molar-refractivity contribution in [1.82, 2.24) is 0 Å². The van der Waals surface area contributed by atoms with Crippen LogP contribution in [0.1, 0.15) is 11.1 Å². The third-order valence-electron chi connectivity index (χ3n) is 4.58. The molecule has 0 amide bonds. The number of aryl methyl sites for hydroxylation is 2. The normalized spacial score (nSPS) is 20.0. The molecule has 2 aliphatic heterocycles. The lowest BCUT2D eigenvalue weighted by Gasteiger charge is -2.09. The van der Waals surface area contributed by atoms with Crippen molar-refractivity contribution in [3.8, 4) is 11.5 Å². The standard InChI is InChI=1S/C22H26O6/c1(17-3-7-19(8-4-17)27-15-23-11-21-13-25-21)2-18-5-9-20(10-6-18)28-16-24-12-22-14-26-22/h3-10,21-22H,1-2,11-16H2.